The van der Waals surface area contributed by atoms with E-state index in [0.717, 1.165) is 6.54 Å². The lowest BCUT2D eigenvalue weighted by atomic mass is 9.87. The Morgan fingerprint density at radius 2 is 1.88 bits per heavy atom. The van der Waals surface area contributed by atoms with Crippen molar-refractivity contribution in [2.45, 2.75) is 19.8 Å². The smallest absolute Gasteiger partial charge is 0.310 e. The number of hydrogen-bond acceptors (Lipinski definition) is 3. The molecular weight excluding hydrogens is 214 g/mol. The fourth-order valence-corrected chi connectivity index (χ4v) is 2.65. The molecular formula is C14H19NO2. The van der Waals surface area contributed by atoms with E-state index in [1.165, 1.54) is 23.8 Å². The summed E-state index contributed by atoms with van der Waals surface area (Å²) in [5.74, 6) is 0.0707. The zero-order chi connectivity index (χ0) is 12.4. The third kappa shape index (κ3) is 2.50. The van der Waals surface area contributed by atoms with E-state index >= 15 is 0 Å². The highest BCUT2D eigenvalue weighted by Gasteiger charge is 2.34. The number of ether oxygens (including phenoxy) is 1. The molecule has 2 atom stereocenters. The van der Waals surface area contributed by atoms with E-state index in [9.17, 15) is 4.79 Å². The fraction of sp³-hybridized carbons (Fsp3) is 0.500. The molecule has 0 bridgehead atoms. The summed E-state index contributed by atoms with van der Waals surface area (Å²) >= 11 is 0. The third-order valence-electron chi connectivity index (χ3n) is 3.39. The Kier molecular flexibility index (Phi) is 3.48. The van der Waals surface area contributed by atoms with Gasteiger partial charge in [0.15, 0.2) is 0 Å². The first-order valence-corrected chi connectivity index (χ1v) is 5.98. The molecule has 1 heterocycles. The monoisotopic (exact) mass is 233 g/mol. The first-order valence-electron chi connectivity index (χ1n) is 5.98. The highest BCUT2D eigenvalue weighted by Crippen LogP contribution is 2.30. The molecule has 3 heteroatoms. The van der Waals surface area contributed by atoms with Gasteiger partial charge in [-0.3, -0.25) is 4.79 Å². The van der Waals surface area contributed by atoms with E-state index in [4.69, 9.17) is 4.74 Å². The molecule has 1 aromatic carbocycles. The molecule has 0 aliphatic carbocycles. The van der Waals surface area contributed by atoms with Gasteiger partial charge in [-0.05, 0) is 19.4 Å². The third-order valence-corrected chi connectivity index (χ3v) is 3.39. The van der Waals surface area contributed by atoms with Crippen molar-refractivity contribution in [3.63, 3.8) is 0 Å². The van der Waals surface area contributed by atoms with Gasteiger partial charge in [0.1, 0.15) is 0 Å². The van der Waals surface area contributed by atoms with Crippen molar-refractivity contribution in [2.24, 2.45) is 5.92 Å². The number of rotatable bonds is 2. The highest BCUT2D eigenvalue weighted by molar-refractivity contribution is 5.74. The average molecular weight is 233 g/mol. The molecule has 1 N–H and O–H groups in total. The van der Waals surface area contributed by atoms with E-state index in [1.807, 2.05) is 0 Å². The van der Waals surface area contributed by atoms with E-state index in [1.54, 1.807) is 0 Å². The second kappa shape index (κ2) is 4.88. The number of nitrogens with one attached hydrogen (secondary N) is 1. The molecule has 2 rings (SSSR count). The van der Waals surface area contributed by atoms with Gasteiger partial charge in [-0.1, -0.05) is 29.3 Å². The van der Waals surface area contributed by atoms with Crippen molar-refractivity contribution in [2.75, 3.05) is 20.2 Å². The average Bonchev–Trinajstić information content (AvgIpc) is 2.75. The standard InChI is InChI=1S/C14H19NO2/c1-9-4-10(2)6-11(5-9)12-7-15-8-13(12)14(16)17-3/h4-6,12-13,15H,7-8H2,1-3H3. The fourth-order valence-electron chi connectivity index (χ4n) is 2.65. The van der Waals surface area contributed by atoms with Gasteiger partial charge < -0.3 is 10.1 Å². The van der Waals surface area contributed by atoms with Crippen LogP contribution in [0.4, 0.5) is 0 Å². The lowest BCUT2D eigenvalue weighted by Crippen LogP contribution is -2.23. The molecule has 1 aliphatic heterocycles. The molecule has 17 heavy (non-hydrogen) atoms. The number of esters is 1. The Labute approximate surface area is 102 Å². The van der Waals surface area contributed by atoms with Crippen LogP contribution in [-0.4, -0.2) is 26.2 Å². The summed E-state index contributed by atoms with van der Waals surface area (Å²) in [6, 6.07) is 6.49. The number of carbonyl (C=O) groups is 1. The first kappa shape index (κ1) is 12.1. The molecule has 0 spiro atoms. The van der Waals surface area contributed by atoms with Crippen molar-refractivity contribution in [3.8, 4) is 0 Å². The van der Waals surface area contributed by atoms with Crippen LogP contribution < -0.4 is 5.32 Å². The zero-order valence-electron chi connectivity index (χ0n) is 10.6. The molecule has 0 amide bonds. The minimum atomic E-state index is -0.112. The molecule has 1 aliphatic rings. The van der Waals surface area contributed by atoms with Crippen LogP contribution in [0.2, 0.25) is 0 Å². The van der Waals surface area contributed by atoms with Crippen LogP contribution in [0.3, 0.4) is 0 Å². The van der Waals surface area contributed by atoms with Gasteiger partial charge in [0.2, 0.25) is 0 Å². The first-order chi connectivity index (χ1) is 8.11. The summed E-state index contributed by atoms with van der Waals surface area (Å²) in [6.07, 6.45) is 0. The van der Waals surface area contributed by atoms with Crippen LogP contribution in [-0.2, 0) is 9.53 Å². The van der Waals surface area contributed by atoms with E-state index < -0.39 is 0 Å². The van der Waals surface area contributed by atoms with Gasteiger partial charge in [0, 0.05) is 19.0 Å². The Bertz CT molecular complexity index is 408. The number of carbonyl (C=O) groups excluding carboxylic acids is 1. The van der Waals surface area contributed by atoms with Crippen LogP contribution in [0, 0.1) is 19.8 Å². The largest absolute Gasteiger partial charge is 0.469 e. The highest BCUT2D eigenvalue weighted by atomic mass is 16.5. The summed E-state index contributed by atoms with van der Waals surface area (Å²) in [7, 11) is 1.46. The van der Waals surface area contributed by atoms with Gasteiger partial charge in [0.05, 0.1) is 13.0 Å². The maximum Gasteiger partial charge on any atom is 0.310 e. The molecule has 3 nitrogen and oxygen atoms in total. The quantitative estimate of drug-likeness (QED) is 0.791. The van der Waals surface area contributed by atoms with Crippen molar-refractivity contribution in [3.05, 3.63) is 34.9 Å². The van der Waals surface area contributed by atoms with E-state index in [-0.39, 0.29) is 17.8 Å². The minimum Gasteiger partial charge on any atom is -0.469 e. The van der Waals surface area contributed by atoms with E-state index in [0.29, 0.717) is 6.54 Å². The molecule has 0 aromatic heterocycles. The Hall–Kier alpha value is -1.35. The van der Waals surface area contributed by atoms with Crippen molar-refractivity contribution in [1.29, 1.82) is 0 Å². The van der Waals surface area contributed by atoms with Gasteiger partial charge >= 0.3 is 5.97 Å². The van der Waals surface area contributed by atoms with Gasteiger partial charge in [-0.25, -0.2) is 0 Å². The molecule has 0 saturated carbocycles. The lowest BCUT2D eigenvalue weighted by molar-refractivity contribution is -0.145. The maximum absolute atomic E-state index is 11.7. The Morgan fingerprint density at radius 3 is 2.47 bits per heavy atom. The summed E-state index contributed by atoms with van der Waals surface area (Å²) in [6.45, 7) is 5.74. The summed E-state index contributed by atoms with van der Waals surface area (Å²) in [5.41, 5.74) is 3.73. The second-order valence-electron chi connectivity index (χ2n) is 4.82. The molecule has 1 saturated heterocycles. The second-order valence-corrected chi connectivity index (χ2v) is 4.82. The summed E-state index contributed by atoms with van der Waals surface area (Å²) in [5, 5.41) is 3.27. The van der Waals surface area contributed by atoms with Crippen LogP contribution in [0.5, 0.6) is 0 Å². The lowest BCUT2D eigenvalue weighted by Gasteiger charge is -2.17. The van der Waals surface area contributed by atoms with Crippen molar-refractivity contribution in [1.82, 2.24) is 5.32 Å². The van der Waals surface area contributed by atoms with Crippen LogP contribution in [0.15, 0.2) is 18.2 Å². The Balaban J connectivity index is 2.28. The summed E-state index contributed by atoms with van der Waals surface area (Å²) in [4.78, 5) is 11.7. The van der Waals surface area contributed by atoms with Gasteiger partial charge in [-0.15, -0.1) is 0 Å². The SMILES string of the molecule is COC(=O)C1CNCC1c1cc(C)cc(C)c1. The predicted molar refractivity (Wildman–Crippen MR) is 67.0 cm³/mol. The maximum atomic E-state index is 11.7. The number of hydrogen-bond donors (Lipinski definition) is 1. The molecule has 1 fully saturated rings. The van der Waals surface area contributed by atoms with Crippen LogP contribution in [0.25, 0.3) is 0 Å². The summed E-state index contributed by atoms with van der Waals surface area (Å²) < 4.78 is 4.87. The molecule has 1 aromatic rings. The van der Waals surface area contributed by atoms with Gasteiger partial charge in [0.25, 0.3) is 0 Å². The molecule has 0 radical (unpaired) electrons. The van der Waals surface area contributed by atoms with Crippen LogP contribution >= 0.6 is 0 Å². The normalized spacial score (nSPS) is 23.7. The molecule has 2 unspecified atom stereocenters. The molecule has 92 valence electrons. The van der Waals surface area contributed by atoms with Gasteiger partial charge in [-0.2, -0.15) is 0 Å². The topological polar surface area (TPSA) is 38.3 Å². The number of aryl methyl sites for hydroxylation is 2. The van der Waals surface area contributed by atoms with E-state index in [2.05, 4.69) is 37.4 Å². The zero-order valence-corrected chi connectivity index (χ0v) is 10.6. The van der Waals surface area contributed by atoms with Crippen molar-refractivity contribution < 1.29 is 9.53 Å². The number of methoxy groups -OCH3 is 1. The minimum absolute atomic E-state index is 0.0544. The van der Waals surface area contributed by atoms with Crippen LogP contribution in [0.1, 0.15) is 22.6 Å². The predicted octanol–water partition coefficient (Wildman–Crippen LogP) is 1.78. The van der Waals surface area contributed by atoms with Crippen molar-refractivity contribution >= 4 is 5.97 Å². The number of benzene rings is 1. The Morgan fingerprint density at radius 1 is 1.24 bits per heavy atom.